The van der Waals surface area contributed by atoms with E-state index in [0.29, 0.717) is 17.9 Å². The molecule has 0 spiro atoms. The molecule has 2 rings (SSSR count). The van der Waals surface area contributed by atoms with Crippen LogP contribution in [0.5, 0.6) is 0 Å². The predicted octanol–water partition coefficient (Wildman–Crippen LogP) is 1.14. The third-order valence-electron chi connectivity index (χ3n) is 2.81. The molecule has 1 aromatic carbocycles. The van der Waals surface area contributed by atoms with Crippen LogP contribution in [0.4, 0.5) is 5.69 Å². The Labute approximate surface area is 112 Å². The molecule has 1 amide bonds. The Bertz CT molecular complexity index is 550. The van der Waals surface area contributed by atoms with Crippen LogP contribution in [0.15, 0.2) is 30.6 Å². The average Bonchev–Trinajstić information content (AvgIpc) is 2.90. The molecule has 0 bridgehead atoms. The summed E-state index contributed by atoms with van der Waals surface area (Å²) in [5.41, 5.74) is 1.66. The normalized spacial score (nSPS) is 10.3. The summed E-state index contributed by atoms with van der Waals surface area (Å²) in [7, 11) is 5.64. The molecule has 1 N–H and O–H groups in total. The van der Waals surface area contributed by atoms with Gasteiger partial charge in [-0.3, -0.25) is 9.89 Å². The van der Waals surface area contributed by atoms with E-state index >= 15 is 0 Å². The standard InChI is InChI=1S/C13H17N5O/c1-17(2)11-6-4-5-10(7-11)13(19)18(3)8-12-14-9-15-16-12/h4-7,9H,8H2,1-3H3,(H,14,15,16). The fraction of sp³-hybridized carbons (Fsp3) is 0.308. The van der Waals surface area contributed by atoms with Crippen molar-refractivity contribution >= 4 is 11.6 Å². The van der Waals surface area contributed by atoms with Gasteiger partial charge in [0, 0.05) is 32.4 Å². The van der Waals surface area contributed by atoms with Crippen LogP contribution in [-0.2, 0) is 6.54 Å². The lowest BCUT2D eigenvalue weighted by molar-refractivity contribution is 0.0781. The van der Waals surface area contributed by atoms with E-state index in [4.69, 9.17) is 0 Å². The Morgan fingerprint density at radius 2 is 2.11 bits per heavy atom. The number of hydrogen-bond donors (Lipinski definition) is 1. The number of hydrogen-bond acceptors (Lipinski definition) is 4. The zero-order valence-electron chi connectivity index (χ0n) is 11.3. The van der Waals surface area contributed by atoms with Crippen molar-refractivity contribution in [3.8, 4) is 0 Å². The number of nitrogens with one attached hydrogen (secondary N) is 1. The second-order valence-electron chi connectivity index (χ2n) is 4.54. The summed E-state index contributed by atoms with van der Waals surface area (Å²) in [6, 6.07) is 7.53. The maximum Gasteiger partial charge on any atom is 0.254 e. The molecule has 19 heavy (non-hydrogen) atoms. The molecule has 0 radical (unpaired) electrons. The molecular formula is C13H17N5O. The van der Waals surface area contributed by atoms with Gasteiger partial charge in [-0.25, -0.2) is 4.98 Å². The molecule has 0 fully saturated rings. The monoisotopic (exact) mass is 259 g/mol. The zero-order chi connectivity index (χ0) is 13.8. The van der Waals surface area contributed by atoms with Crippen molar-refractivity contribution in [3.63, 3.8) is 0 Å². The highest BCUT2D eigenvalue weighted by atomic mass is 16.2. The number of aromatic amines is 1. The predicted molar refractivity (Wildman–Crippen MR) is 72.9 cm³/mol. The van der Waals surface area contributed by atoms with Gasteiger partial charge in [0.05, 0.1) is 6.54 Å². The molecule has 0 aliphatic carbocycles. The van der Waals surface area contributed by atoms with Crippen LogP contribution in [0, 0.1) is 0 Å². The number of aromatic nitrogens is 3. The lowest BCUT2D eigenvalue weighted by Crippen LogP contribution is -2.27. The summed E-state index contributed by atoms with van der Waals surface area (Å²) in [4.78, 5) is 19.9. The van der Waals surface area contributed by atoms with Gasteiger partial charge >= 0.3 is 0 Å². The number of benzene rings is 1. The van der Waals surface area contributed by atoms with Gasteiger partial charge in [0.25, 0.3) is 5.91 Å². The minimum absolute atomic E-state index is 0.0416. The van der Waals surface area contributed by atoms with E-state index in [-0.39, 0.29) is 5.91 Å². The number of nitrogens with zero attached hydrogens (tertiary/aromatic N) is 4. The Morgan fingerprint density at radius 3 is 2.74 bits per heavy atom. The van der Waals surface area contributed by atoms with Gasteiger partial charge in [0.15, 0.2) is 0 Å². The number of amides is 1. The summed E-state index contributed by atoms with van der Waals surface area (Å²) < 4.78 is 0. The average molecular weight is 259 g/mol. The fourth-order valence-electron chi connectivity index (χ4n) is 1.74. The first kappa shape index (κ1) is 13.1. The van der Waals surface area contributed by atoms with Gasteiger partial charge < -0.3 is 9.80 Å². The highest BCUT2D eigenvalue weighted by Gasteiger charge is 2.13. The molecule has 1 aromatic heterocycles. The van der Waals surface area contributed by atoms with Crippen LogP contribution in [-0.4, -0.2) is 47.1 Å². The molecule has 0 saturated heterocycles. The van der Waals surface area contributed by atoms with Crippen molar-refractivity contribution in [2.75, 3.05) is 26.0 Å². The van der Waals surface area contributed by atoms with E-state index in [1.54, 1.807) is 11.9 Å². The van der Waals surface area contributed by atoms with E-state index in [1.165, 1.54) is 6.33 Å². The second kappa shape index (κ2) is 5.51. The molecule has 2 aromatic rings. The first-order valence-corrected chi connectivity index (χ1v) is 5.95. The quantitative estimate of drug-likeness (QED) is 0.894. The number of anilines is 1. The van der Waals surface area contributed by atoms with E-state index in [1.807, 2.05) is 43.3 Å². The topological polar surface area (TPSA) is 65.1 Å². The van der Waals surface area contributed by atoms with Crippen LogP contribution >= 0.6 is 0 Å². The Hall–Kier alpha value is -2.37. The van der Waals surface area contributed by atoms with Crippen LogP contribution in [0.1, 0.15) is 16.2 Å². The molecule has 0 atom stereocenters. The van der Waals surface area contributed by atoms with Gasteiger partial charge in [-0.15, -0.1) is 0 Å². The minimum Gasteiger partial charge on any atom is -0.378 e. The summed E-state index contributed by atoms with van der Waals surface area (Å²) in [5, 5.41) is 6.50. The Kier molecular flexibility index (Phi) is 3.79. The molecular weight excluding hydrogens is 242 g/mol. The van der Waals surface area contributed by atoms with Crippen LogP contribution in [0.2, 0.25) is 0 Å². The van der Waals surface area contributed by atoms with Crippen molar-refractivity contribution in [3.05, 3.63) is 42.0 Å². The lowest BCUT2D eigenvalue weighted by atomic mass is 10.1. The van der Waals surface area contributed by atoms with E-state index in [2.05, 4.69) is 15.2 Å². The van der Waals surface area contributed by atoms with Crippen LogP contribution in [0.3, 0.4) is 0 Å². The fourth-order valence-corrected chi connectivity index (χ4v) is 1.74. The molecule has 1 heterocycles. The third kappa shape index (κ3) is 3.09. The second-order valence-corrected chi connectivity index (χ2v) is 4.54. The highest BCUT2D eigenvalue weighted by molar-refractivity contribution is 5.94. The maximum absolute atomic E-state index is 12.3. The largest absolute Gasteiger partial charge is 0.378 e. The van der Waals surface area contributed by atoms with E-state index < -0.39 is 0 Å². The highest BCUT2D eigenvalue weighted by Crippen LogP contribution is 2.15. The maximum atomic E-state index is 12.3. The molecule has 100 valence electrons. The van der Waals surface area contributed by atoms with Crippen LogP contribution in [0.25, 0.3) is 0 Å². The smallest absolute Gasteiger partial charge is 0.254 e. The summed E-state index contributed by atoms with van der Waals surface area (Å²) in [6.45, 7) is 0.408. The van der Waals surface area contributed by atoms with Gasteiger partial charge in [0.1, 0.15) is 12.2 Å². The number of rotatable bonds is 4. The molecule has 0 aliphatic rings. The molecule has 0 aliphatic heterocycles. The van der Waals surface area contributed by atoms with Crippen molar-refractivity contribution < 1.29 is 4.79 Å². The first-order chi connectivity index (χ1) is 9.08. The summed E-state index contributed by atoms with van der Waals surface area (Å²) in [6.07, 6.45) is 1.43. The number of H-pyrrole nitrogens is 1. The SMILES string of the molecule is CN(Cc1ncn[nH]1)C(=O)c1cccc(N(C)C)c1. The third-order valence-corrected chi connectivity index (χ3v) is 2.81. The van der Waals surface area contributed by atoms with Crippen molar-refractivity contribution in [2.24, 2.45) is 0 Å². The van der Waals surface area contributed by atoms with Gasteiger partial charge in [-0.2, -0.15) is 5.10 Å². The zero-order valence-corrected chi connectivity index (χ0v) is 11.3. The Balaban J connectivity index is 2.12. The van der Waals surface area contributed by atoms with E-state index in [0.717, 1.165) is 5.69 Å². The molecule has 6 heteroatoms. The molecule has 0 unspecified atom stereocenters. The van der Waals surface area contributed by atoms with E-state index in [9.17, 15) is 4.79 Å². The van der Waals surface area contributed by atoms with Crippen molar-refractivity contribution in [1.82, 2.24) is 20.1 Å². The number of carbonyl (C=O) groups excluding carboxylic acids is 1. The van der Waals surface area contributed by atoms with Crippen molar-refractivity contribution in [2.45, 2.75) is 6.54 Å². The molecule has 6 nitrogen and oxygen atoms in total. The summed E-state index contributed by atoms with van der Waals surface area (Å²) in [5.74, 6) is 0.625. The minimum atomic E-state index is -0.0416. The lowest BCUT2D eigenvalue weighted by Gasteiger charge is -2.17. The first-order valence-electron chi connectivity index (χ1n) is 5.95. The molecule has 0 saturated carbocycles. The number of carbonyl (C=O) groups is 1. The summed E-state index contributed by atoms with van der Waals surface area (Å²) >= 11 is 0. The Morgan fingerprint density at radius 1 is 1.32 bits per heavy atom. The van der Waals surface area contributed by atoms with Gasteiger partial charge in [-0.05, 0) is 18.2 Å². The van der Waals surface area contributed by atoms with Crippen molar-refractivity contribution in [1.29, 1.82) is 0 Å². The van der Waals surface area contributed by atoms with Gasteiger partial charge in [0.2, 0.25) is 0 Å². The van der Waals surface area contributed by atoms with Gasteiger partial charge in [-0.1, -0.05) is 6.07 Å². The van der Waals surface area contributed by atoms with Crippen LogP contribution < -0.4 is 4.90 Å².